The minimum Gasteiger partial charge on any atom is -0.481 e. The van der Waals surface area contributed by atoms with Crippen molar-refractivity contribution >= 4 is 22.5 Å². The zero-order valence-electron chi connectivity index (χ0n) is 16.3. The lowest BCUT2D eigenvalue weighted by atomic mass is 10.1. The Kier molecular flexibility index (Phi) is 4.20. The second-order valence-corrected chi connectivity index (χ2v) is 7.80. The molecule has 3 heterocycles. The lowest BCUT2D eigenvalue weighted by Crippen LogP contribution is -2.15. The molecule has 0 spiro atoms. The van der Waals surface area contributed by atoms with Gasteiger partial charge in [0.05, 0.1) is 35.9 Å². The van der Waals surface area contributed by atoms with E-state index in [-0.39, 0.29) is 11.8 Å². The van der Waals surface area contributed by atoms with Gasteiger partial charge in [-0.05, 0) is 31.2 Å². The molecule has 7 heteroatoms. The molecular formula is C22H21N5O2. The highest BCUT2D eigenvalue weighted by Crippen LogP contribution is 2.38. The van der Waals surface area contributed by atoms with Gasteiger partial charge >= 0.3 is 0 Å². The van der Waals surface area contributed by atoms with E-state index < -0.39 is 0 Å². The van der Waals surface area contributed by atoms with Crippen LogP contribution in [-0.4, -0.2) is 32.8 Å². The van der Waals surface area contributed by atoms with Crippen LogP contribution in [0.2, 0.25) is 0 Å². The van der Waals surface area contributed by atoms with Gasteiger partial charge in [0, 0.05) is 29.9 Å². The third-order valence-corrected chi connectivity index (χ3v) is 5.49. The van der Waals surface area contributed by atoms with Gasteiger partial charge in [-0.25, -0.2) is 9.97 Å². The zero-order chi connectivity index (χ0) is 20.0. The predicted molar refractivity (Wildman–Crippen MR) is 108 cm³/mol. The Labute approximate surface area is 168 Å². The minimum atomic E-state index is 0.0190. The lowest BCUT2D eigenvalue weighted by Gasteiger charge is -2.09. The quantitative estimate of drug-likeness (QED) is 0.696. The van der Waals surface area contributed by atoms with E-state index in [0.717, 1.165) is 28.3 Å². The Bertz CT molecular complexity index is 1170. The highest BCUT2D eigenvalue weighted by molar-refractivity contribution is 5.97. The largest absolute Gasteiger partial charge is 0.481 e. The molecule has 3 aromatic heterocycles. The Morgan fingerprint density at radius 1 is 1.21 bits per heavy atom. The molecule has 146 valence electrons. The van der Waals surface area contributed by atoms with Crippen LogP contribution >= 0.6 is 0 Å². The van der Waals surface area contributed by atoms with E-state index in [2.05, 4.69) is 39.1 Å². The van der Waals surface area contributed by atoms with Crippen molar-refractivity contribution in [3.8, 4) is 17.7 Å². The second-order valence-electron chi connectivity index (χ2n) is 7.80. The molecule has 2 aliphatic carbocycles. The maximum atomic E-state index is 12.3. The molecule has 0 aromatic carbocycles. The summed E-state index contributed by atoms with van der Waals surface area (Å²) in [6.07, 6.45) is 10.4. The van der Waals surface area contributed by atoms with Crippen LogP contribution in [0.15, 0.2) is 30.9 Å². The van der Waals surface area contributed by atoms with Gasteiger partial charge in [-0.2, -0.15) is 5.10 Å². The van der Waals surface area contributed by atoms with Crippen LogP contribution in [0.5, 0.6) is 5.88 Å². The first kappa shape index (κ1) is 17.7. The second kappa shape index (κ2) is 6.89. The Morgan fingerprint density at radius 3 is 2.76 bits per heavy atom. The van der Waals surface area contributed by atoms with Crippen molar-refractivity contribution in [3.63, 3.8) is 0 Å². The fraction of sp³-hybridized carbons (Fsp3) is 0.364. The van der Waals surface area contributed by atoms with Crippen LogP contribution in [0.1, 0.15) is 43.4 Å². The predicted octanol–water partition coefficient (Wildman–Crippen LogP) is 3.16. The van der Waals surface area contributed by atoms with Crippen LogP contribution in [0.25, 0.3) is 10.8 Å². The summed E-state index contributed by atoms with van der Waals surface area (Å²) in [6.45, 7) is 2.08. The fourth-order valence-electron chi connectivity index (χ4n) is 3.43. The molecule has 2 saturated carbocycles. The van der Waals surface area contributed by atoms with Crippen LogP contribution in [0.3, 0.4) is 0 Å². The van der Waals surface area contributed by atoms with E-state index in [1.165, 1.54) is 12.8 Å². The molecule has 2 fully saturated rings. The Hall–Kier alpha value is -3.40. The number of amides is 1. The van der Waals surface area contributed by atoms with Crippen molar-refractivity contribution in [2.75, 3.05) is 12.4 Å². The van der Waals surface area contributed by atoms with Crippen LogP contribution in [0, 0.1) is 23.7 Å². The summed E-state index contributed by atoms with van der Waals surface area (Å²) < 4.78 is 7.34. The van der Waals surface area contributed by atoms with Gasteiger partial charge in [0.15, 0.2) is 0 Å². The van der Waals surface area contributed by atoms with E-state index in [9.17, 15) is 4.79 Å². The molecule has 0 radical (unpaired) electrons. The van der Waals surface area contributed by atoms with Crippen LogP contribution in [-0.2, 0) is 4.79 Å². The number of hydrogen-bond donors (Lipinski definition) is 1. The van der Waals surface area contributed by atoms with Crippen molar-refractivity contribution in [2.45, 2.75) is 32.2 Å². The first-order valence-corrected chi connectivity index (χ1v) is 9.82. The topological polar surface area (TPSA) is 81.9 Å². The molecule has 2 aliphatic rings. The van der Waals surface area contributed by atoms with Gasteiger partial charge in [-0.15, -0.1) is 0 Å². The summed E-state index contributed by atoms with van der Waals surface area (Å²) in [5, 5.41) is 8.89. The van der Waals surface area contributed by atoms with Gasteiger partial charge in [-0.1, -0.05) is 18.8 Å². The number of nitrogens with zero attached hydrogens (tertiary/aromatic N) is 4. The maximum Gasteiger partial charge on any atom is 0.228 e. The Morgan fingerprint density at radius 2 is 2.03 bits per heavy atom. The number of nitrogens with one attached hydrogen (secondary N) is 1. The Balaban J connectivity index is 1.49. The van der Waals surface area contributed by atoms with Crippen molar-refractivity contribution in [1.82, 2.24) is 19.7 Å². The molecule has 7 nitrogen and oxygen atoms in total. The SMILES string of the molecule is COc1ncc(C#Cc2cnn(C3CC3)c2)c2cc(NC(=O)[C@H]3C[C@H]3C)ncc12. The molecule has 1 N–H and O–H groups in total. The summed E-state index contributed by atoms with van der Waals surface area (Å²) >= 11 is 0. The van der Waals surface area contributed by atoms with E-state index in [1.807, 2.05) is 16.9 Å². The molecule has 0 aliphatic heterocycles. The van der Waals surface area contributed by atoms with E-state index in [1.54, 1.807) is 25.7 Å². The number of aromatic nitrogens is 4. The summed E-state index contributed by atoms with van der Waals surface area (Å²) in [4.78, 5) is 21.0. The number of hydrogen-bond acceptors (Lipinski definition) is 5. The highest BCUT2D eigenvalue weighted by atomic mass is 16.5. The van der Waals surface area contributed by atoms with Gasteiger partial charge in [0.1, 0.15) is 5.82 Å². The lowest BCUT2D eigenvalue weighted by molar-refractivity contribution is -0.117. The normalized spacial score (nSPS) is 20.1. The summed E-state index contributed by atoms with van der Waals surface area (Å²) in [5.41, 5.74) is 1.61. The molecule has 1 amide bonds. The highest BCUT2D eigenvalue weighted by Gasteiger charge is 2.39. The summed E-state index contributed by atoms with van der Waals surface area (Å²) in [6, 6.07) is 2.36. The number of rotatable bonds is 4. The number of methoxy groups -OCH3 is 1. The van der Waals surface area contributed by atoms with E-state index >= 15 is 0 Å². The smallest absolute Gasteiger partial charge is 0.228 e. The van der Waals surface area contributed by atoms with Crippen molar-refractivity contribution < 1.29 is 9.53 Å². The average molecular weight is 387 g/mol. The molecule has 5 rings (SSSR count). The fourth-order valence-corrected chi connectivity index (χ4v) is 3.43. The van der Waals surface area contributed by atoms with Crippen molar-refractivity contribution in [2.24, 2.45) is 11.8 Å². The summed E-state index contributed by atoms with van der Waals surface area (Å²) in [7, 11) is 1.57. The van der Waals surface area contributed by atoms with Gasteiger partial charge < -0.3 is 10.1 Å². The van der Waals surface area contributed by atoms with Crippen molar-refractivity contribution in [1.29, 1.82) is 0 Å². The first-order valence-electron chi connectivity index (χ1n) is 9.82. The number of fused-ring (bicyclic) bond motifs is 1. The first-order chi connectivity index (χ1) is 14.1. The van der Waals surface area contributed by atoms with E-state index in [4.69, 9.17) is 4.74 Å². The number of pyridine rings is 2. The number of carbonyl (C=O) groups is 1. The number of ether oxygens (including phenoxy) is 1. The molecule has 29 heavy (non-hydrogen) atoms. The molecular weight excluding hydrogens is 366 g/mol. The van der Waals surface area contributed by atoms with Crippen molar-refractivity contribution in [3.05, 3.63) is 42.0 Å². The minimum absolute atomic E-state index is 0.0190. The maximum absolute atomic E-state index is 12.3. The monoisotopic (exact) mass is 387 g/mol. The molecule has 0 unspecified atom stereocenters. The number of carbonyl (C=O) groups excluding carboxylic acids is 1. The standard InChI is InChI=1S/C22H21N5O2/c1-13-7-17(13)21(28)26-20-8-18-15(10-24-22(29-2)19(18)11-23-20)4-3-14-9-25-27(12-14)16-5-6-16/h8-13,16-17H,5-7H2,1-2H3,(H,23,26,28)/t13-,17+/m1/s1. The van der Waals surface area contributed by atoms with Gasteiger partial charge in [0.25, 0.3) is 0 Å². The van der Waals surface area contributed by atoms with Crippen LogP contribution < -0.4 is 10.1 Å². The third kappa shape index (κ3) is 3.54. The molecule has 2 atom stereocenters. The summed E-state index contributed by atoms with van der Waals surface area (Å²) in [5.74, 6) is 7.89. The van der Waals surface area contributed by atoms with Crippen LogP contribution in [0.4, 0.5) is 5.82 Å². The third-order valence-electron chi connectivity index (χ3n) is 5.49. The molecule has 0 bridgehead atoms. The van der Waals surface area contributed by atoms with Gasteiger partial charge in [0.2, 0.25) is 11.8 Å². The number of anilines is 1. The average Bonchev–Trinajstić information content (AvgIpc) is 3.65. The zero-order valence-corrected chi connectivity index (χ0v) is 16.3. The van der Waals surface area contributed by atoms with Gasteiger partial charge in [-0.3, -0.25) is 9.48 Å². The molecule has 0 saturated heterocycles. The molecule has 3 aromatic rings. The van der Waals surface area contributed by atoms with E-state index in [0.29, 0.717) is 23.7 Å².